The number of nitrogens with zero attached hydrogens (tertiary/aromatic N) is 2. The number of nitrogens with one attached hydrogen (secondary N) is 1. The van der Waals surface area contributed by atoms with Crippen LogP contribution in [0.1, 0.15) is 56.0 Å². The van der Waals surface area contributed by atoms with E-state index in [1.165, 1.54) is 24.9 Å². The molecule has 6 nitrogen and oxygen atoms in total. The predicted octanol–water partition coefficient (Wildman–Crippen LogP) is 4.34. The first-order chi connectivity index (χ1) is 13.3. The first-order valence-electron chi connectivity index (χ1n) is 9.33. The third kappa shape index (κ3) is 3.39. The highest BCUT2D eigenvalue weighted by Crippen LogP contribution is 2.46. The fraction of sp³-hybridized carbons (Fsp3) is 0.500. The molecule has 0 radical (unpaired) electrons. The van der Waals surface area contributed by atoms with Crippen molar-refractivity contribution in [2.24, 2.45) is 4.99 Å². The highest BCUT2D eigenvalue weighted by atomic mass is 32.2. The zero-order valence-corrected chi connectivity index (χ0v) is 17.2. The summed E-state index contributed by atoms with van der Waals surface area (Å²) < 4.78 is 27.5. The number of methoxy groups -OCH3 is 1. The summed E-state index contributed by atoms with van der Waals surface area (Å²) in [5.74, 6) is 0.657. The maximum atomic E-state index is 14.8. The first kappa shape index (κ1) is 19.3. The van der Waals surface area contributed by atoms with Crippen LogP contribution in [0.2, 0.25) is 0 Å². The summed E-state index contributed by atoms with van der Waals surface area (Å²) in [4.78, 5) is 17.5. The molecule has 4 rings (SSSR count). The molecule has 1 aromatic heterocycles. The molecule has 1 N–H and O–H groups in total. The number of rotatable bonds is 3. The van der Waals surface area contributed by atoms with Gasteiger partial charge in [0.05, 0.1) is 34.6 Å². The maximum absolute atomic E-state index is 14.8. The lowest BCUT2D eigenvalue weighted by molar-refractivity contribution is -0.0705. The Morgan fingerprint density at radius 2 is 2.21 bits per heavy atom. The van der Waals surface area contributed by atoms with Crippen LogP contribution in [0.4, 0.5) is 10.2 Å². The van der Waals surface area contributed by atoms with Gasteiger partial charge in [-0.3, -0.25) is 14.6 Å². The Balaban J connectivity index is 1.80. The highest BCUT2D eigenvalue weighted by Gasteiger charge is 2.36. The minimum Gasteiger partial charge on any atom is -0.497 e. The molecule has 28 heavy (non-hydrogen) atoms. The van der Waals surface area contributed by atoms with E-state index in [1.54, 1.807) is 12.1 Å². The molecule has 0 amide bonds. The standard InChI is InChI=1S/C20H24FN3O3S/c1-11-22-18-16(17(28-11)14-6-5-13(26-4)9-15(14)21)19(25)23-24(18)12-7-8-27-20(2,3)10-12/h5-6,9,12,17H,7-8,10H2,1-4H3,(H,23,25)/t12-,17+/m0/s1. The molecular weight excluding hydrogens is 381 g/mol. The van der Waals surface area contributed by atoms with E-state index in [4.69, 9.17) is 9.47 Å². The van der Waals surface area contributed by atoms with Crippen LogP contribution in [-0.4, -0.2) is 34.1 Å². The number of ether oxygens (including phenoxy) is 2. The van der Waals surface area contributed by atoms with Crippen molar-refractivity contribution in [1.29, 1.82) is 0 Å². The molecule has 1 fully saturated rings. The topological polar surface area (TPSA) is 68.6 Å². The monoisotopic (exact) mass is 405 g/mol. The zero-order valence-electron chi connectivity index (χ0n) is 16.4. The number of aromatic nitrogens is 2. The summed E-state index contributed by atoms with van der Waals surface area (Å²) in [5.41, 5.74) is 0.477. The number of halogens is 1. The average molecular weight is 405 g/mol. The maximum Gasteiger partial charge on any atom is 0.271 e. The average Bonchev–Trinajstić information content (AvgIpc) is 2.96. The summed E-state index contributed by atoms with van der Waals surface area (Å²) in [5, 5.41) is 3.31. The Morgan fingerprint density at radius 3 is 2.89 bits per heavy atom. The van der Waals surface area contributed by atoms with Gasteiger partial charge in [0.1, 0.15) is 11.6 Å². The molecule has 2 aromatic rings. The van der Waals surface area contributed by atoms with Gasteiger partial charge in [-0.1, -0.05) is 17.8 Å². The SMILES string of the molecule is COc1ccc([C@H]2SC(C)=Nc3c2c(=O)[nH]n3[C@H]2CCOC(C)(C)C2)c(F)c1. The van der Waals surface area contributed by atoms with Crippen molar-refractivity contribution in [1.82, 2.24) is 9.78 Å². The minimum atomic E-state index is -0.448. The van der Waals surface area contributed by atoms with E-state index in [-0.39, 0.29) is 17.2 Å². The van der Waals surface area contributed by atoms with Crippen LogP contribution < -0.4 is 10.3 Å². The largest absolute Gasteiger partial charge is 0.497 e. The van der Waals surface area contributed by atoms with Gasteiger partial charge >= 0.3 is 0 Å². The molecule has 1 saturated heterocycles. The molecule has 0 bridgehead atoms. The van der Waals surface area contributed by atoms with Gasteiger partial charge in [0.25, 0.3) is 5.56 Å². The van der Waals surface area contributed by atoms with Crippen LogP contribution in [0.5, 0.6) is 5.75 Å². The number of aromatic amines is 1. The van der Waals surface area contributed by atoms with Crippen molar-refractivity contribution in [3.05, 3.63) is 45.5 Å². The Bertz CT molecular complexity index is 995. The van der Waals surface area contributed by atoms with Crippen LogP contribution in [0.3, 0.4) is 0 Å². The molecular formula is C20H24FN3O3S. The Morgan fingerprint density at radius 1 is 1.43 bits per heavy atom. The van der Waals surface area contributed by atoms with Gasteiger partial charge in [-0.15, -0.1) is 0 Å². The molecule has 0 saturated carbocycles. The molecule has 0 unspecified atom stereocenters. The van der Waals surface area contributed by atoms with Crippen molar-refractivity contribution in [3.63, 3.8) is 0 Å². The highest BCUT2D eigenvalue weighted by molar-refractivity contribution is 8.14. The fourth-order valence-electron chi connectivity index (χ4n) is 3.96. The van der Waals surface area contributed by atoms with Gasteiger partial charge in [0, 0.05) is 18.2 Å². The van der Waals surface area contributed by atoms with E-state index in [0.717, 1.165) is 17.9 Å². The van der Waals surface area contributed by atoms with Crippen molar-refractivity contribution in [2.45, 2.75) is 50.5 Å². The Kier molecular flexibility index (Phi) is 4.87. The Labute approximate surface area is 167 Å². The predicted molar refractivity (Wildman–Crippen MR) is 109 cm³/mol. The number of aliphatic imine (C=N–C) groups is 1. The Hall–Kier alpha value is -2.06. The lowest BCUT2D eigenvalue weighted by Gasteiger charge is -2.36. The minimum absolute atomic E-state index is 0.0845. The van der Waals surface area contributed by atoms with Crippen LogP contribution in [-0.2, 0) is 4.74 Å². The molecule has 0 aliphatic carbocycles. The van der Waals surface area contributed by atoms with Crippen LogP contribution >= 0.6 is 11.8 Å². The third-order valence-corrected chi connectivity index (χ3v) is 6.43. The second-order valence-electron chi connectivity index (χ2n) is 7.82. The molecule has 1 aromatic carbocycles. The molecule has 3 heterocycles. The summed E-state index contributed by atoms with van der Waals surface area (Å²) in [6.45, 7) is 6.61. The second kappa shape index (κ2) is 7.08. The van der Waals surface area contributed by atoms with Crippen molar-refractivity contribution < 1.29 is 13.9 Å². The van der Waals surface area contributed by atoms with E-state index < -0.39 is 11.1 Å². The molecule has 2 aliphatic heterocycles. The van der Waals surface area contributed by atoms with E-state index in [9.17, 15) is 9.18 Å². The van der Waals surface area contributed by atoms with E-state index in [1.807, 2.05) is 25.5 Å². The van der Waals surface area contributed by atoms with Crippen molar-refractivity contribution in [3.8, 4) is 5.75 Å². The normalized spacial score (nSPS) is 23.8. The quantitative estimate of drug-likeness (QED) is 0.825. The lowest BCUT2D eigenvalue weighted by atomic mass is 9.94. The second-order valence-corrected chi connectivity index (χ2v) is 9.12. The summed E-state index contributed by atoms with van der Waals surface area (Å²) in [7, 11) is 1.50. The summed E-state index contributed by atoms with van der Waals surface area (Å²) in [6, 6.07) is 4.83. The van der Waals surface area contributed by atoms with Gasteiger partial charge < -0.3 is 9.47 Å². The van der Waals surface area contributed by atoms with Crippen LogP contribution in [0, 0.1) is 5.82 Å². The van der Waals surface area contributed by atoms with E-state index >= 15 is 0 Å². The third-order valence-electron chi connectivity index (χ3n) is 5.28. The smallest absolute Gasteiger partial charge is 0.271 e. The van der Waals surface area contributed by atoms with Crippen molar-refractivity contribution in [2.75, 3.05) is 13.7 Å². The number of hydrogen-bond acceptors (Lipinski definition) is 5. The zero-order chi connectivity index (χ0) is 20.1. The summed E-state index contributed by atoms with van der Waals surface area (Å²) >= 11 is 1.39. The van der Waals surface area contributed by atoms with Crippen LogP contribution in [0.25, 0.3) is 0 Å². The number of fused-ring (bicyclic) bond motifs is 1. The number of hydrogen-bond donors (Lipinski definition) is 1. The van der Waals surface area contributed by atoms with Gasteiger partial charge in [-0.2, -0.15) is 0 Å². The first-order valence-corrected chi connectivity index (χ1v) is 10.2. The molecule has 150 valence electrons. The molecule has 8 heteroatoms. The van der Waals surface area contributed by atoms with Gasteiger partial charge in [0.15, 0.2) is 5.82 Å². The number of H-pyrrole nitrogens is 1. The fourth-order valence-corrected chi connectivity index (χ4v) is 5.09. The molecule has 0 spiro atoms. The van der Waals surface area contributed by atoms with Gasteiger partial charge in [-0.05, 0) is 39.7 Å². The van der Waals surface area contributed by atoms with Crippen LogP contribution in [0.15, 0.2) is 28.0 Å². The molecule has 2 aliphatic rings. The number of thioether (sulfide) groups is 1. The van der Waals surface area contributed by atoms with Gasteiger partial charge in [0.2, 0.25) is 0 Å². The number of benzene rings is 1. The van der Waals surface area contributed by atoms with E-state index in [0.29, 0.717) is 29.3 Å². The van der Waals surface area contributed by atoms with E-state index in [2.05, 4.69) is 10.1 Å². The summed E-state index contributed by atoms with van der Waals surface area (Å²) in [6.07, 6.45) is 1.57. The lowest BCUT2D eigenvalue weighted by Crippen LogP contribution is -2.35. The van der Waals surface area contributed by atoms with Crippen molar-refractivity contribution >= 4 is 22.6 Å². The molecule has 2 atom stereocenters. The van der Waals surface area contributed by atoms with Gasteiger partial charge in [-0.25, -0.2) is 9.38 Å².